The molecule has 0 aliphatic rings. The largest absolute Gasteiger partial charge is 0.465 e. The Labute approximate surface area is 117 Å². The van der Waals surface area contributed by atoms with Crippen molar-refractivity contribution in [3.63, 3.8) is 0 Å². The third kappa shape index (κ3) is 4.02. The van der Waals surface area contributed by atoms with Gasteiger partial charge in [-0.1, -0.05) is 0 Å². The maximum atomic E-state index is 12.5. The third-order valence-corrected chi connectivity index (χ3v) is 3.35. The SMILES string of the molecule is CCOC(=O)CN(C(=O)c1csnc1C)C(C)(C)C. The summed E-state index contributed by atoms with van der Waals surface area (Å²) in [5, 5.41) is 1.71. The number of aryl methyl sites for hydroxylation is 1. The zero-order valence-electron chi connectivity index (χ0n) is 12.0. The minimum Gasteiger partial charge on any atom is -0.465 e. The molecule has 6 heteroatoms. The van der Waals surface area contributed by atoms with Crippen LogP contribution in [0, 0.1) is 6.92 Å². The molecular weight excluding hydrogens is 264 g/mol. The van der Waals surface area contributed by atoms with E-state index in [-0.39, 0.29) is 12.5 Å². The van der Waals surface area contributed by atoms with Gasteiger partial charge in [-0.05, 0) is 46.2 Å². The Bertz CT molecular complexity index is 463. The fourth-order valence-electron chi connectivity index (χ4n) is 1.59. The van der Waals surface area contributed by atoms with E-state index in [4.69, 9.17) is 4.74 Å². The lowest BCUT2D eigenvalue weighted by molar-refractivity contribution is -0.144. The van der Waals surface area contributed by atoms with Gasteiger partial charge in [0.1, 0.15) is 6.54 Å². The molecule has 0 spiro atoms. The Hall–Kier alpha value is -1.43. The lowest BCUT2D eigenvalue weighted by Gasteiger charge is -2.34. The van der Waals surface area contributed by atoms with E-state index in [1.807, 2.05) is 20.8 Å². The van der Waals surface area contributed by atoms with Gasteiger partial charge in [0, 0.05) is 10.9 Å². The molecule has 1 rings (SSSR count). The smallest absolute Gasteiger partial charge is 0.325 e. The summed E-state index contributed by atoms with van der Waals surface area (Å²) in [5.41, 5.74) is 0.774. The molecule has 0 aromatic carbocycles. The van der Waals surface area contributed by atoms with Crippen molar-refractivity contribution in [3.05, 3.63) is 16.6 Å². The molecule has 0 unspecified atom stereocenters. The normalized spacial score (nSPS) is 11.2. The van der Waals surface area contributed by atoms with Crippen LogP contribution in [-0.4, -0.2) is 39.8 Å². The zero-order valence-corrected chi connectivity index (χ0v) is 12.8. The van der Waals surface area contributed by atoms with Crippen molar-refractivity contribution in [1.29, 1.82) is 0 Å². The van der Waals surface area contributed by atoms with Crippen LogP contribution in [0.15, 0.2) is 5.38 Å². The highest BCUT2D eigenvalue weighted by atomic mass is 32.1. The van der Waals surface area contributed by atoms with Crippen LogP contribution in [0.1, 0.15) is 43.7 Å². The number of carbonyl (C=O) groups excluding carboxylic acids is 2. The molecule has 0 bridgehead atoms. The molecule has 0 atom stereocenters. The maximum Gasteiger partial charge on any atom is 0.325 e. The highest BCUT2D eigenvalue weighted by molar-refractivity contribution is 7.03. The van der Waals surface area contributed by atoms with Gasteiger partial charge in [-0.3, -0.25) is 9.59 Å². The summed E-state index contributed by atoms with van der Waals surface area (Å²) in [7, 11) is 0. The van der Waals surface area contributed by atoms with Crippen molar-refractivity contribution >= 4 is 23.4 Å². The second-order valence-corrected chi connectivity index (χ2v) is 5.81. The van der Waals surface area contributed by atoms with E-state index < -0.39 is 11.5 Å². The minimum absolute atomic E-state index is 0.0501. The molecule has 0 saturated heterocycles. The molecule has 1 aromatic heterocycles. The first kappa shape index (κ1) is 15.6. The summed E-state index contributed by atoms with van der Waals surface area (Å²) >= 11 is 1.24. The molecule has 0 aliphatic heterocycles. The van der Waals surface area contributed by atoms with Gasteiger partial charge in [0.05, 0.1) is 17.9 Å². The topological polar surface area (TPSA) is 59.5 Å². The van der Waals surface area contributed by atoms with Crippen molar-refractivity contribution < 1.29 is 14.3 Å². The number of esters is 1. The molecule has 0 fully saturated rings. The zero-order chi connectivity index (χ0) is 14.6. The molecule has 0 radical (unpaired) electrons. The number of hydrogen-bond acceptors (Lipinski definition) is 5. The fourth-order valence-corrected chi connectivity index (χ4v) is 2.28. The van der Waals surface area contributed by atoms with Crippen LogP contribution < -0.4 is 0 Å². The van der Waals surface area contributed by atoms with Crippen molar-refractivity contribution in [1.82, 2.24) is 9.27 Å². The lowest BCUT2D eigenvalue weighted by Crippen LogP contribution is -2.48. The maximum absolute atomic E-state index is 12.5. The third-order valence-electron chi connectivity index (χ3n) is 2.63. The Morgan fingerprint density at radius 2 is 2.05 bits per heavy atom. The summed E-state index contributed by atoms with van der Waals surface area (Å²) in [6.45, 7) is 9.45. The Balaban J connectivity index is 2.96. The Kier molecular flexibility index (Phi) is 5.05. The molecule has 1 aromatic rings. The van der Waals surface area contributed by atoms with Gasteiger partial charge < -0.3 is 9.64 Å². The standard InChI is InChI=1S/C13H20N2O3S/c1-6-18-11(16)7-15(13(3,4)5)12(17)10-8-19-14-9(10)2/h8H,6-7H2,1-5H3. The predicted octanol–water partition coefficient (Wildman–Crippen LogP) is 2.26. The van der Waals surface area contributed by atoms with Crippen LogP contribution in [0.4, 0.5) is 0 Å². The van der Waals surface area contributed by atoms with E-state index in [9.17, 15) is 9.59 Å². The molecule has 1 amide bonds. The van der Waals surface area contributed by atoms with E-state index >= 15 is 0 Å². The summed E-state index contributed by atoms with van der Waals surface area (Å²) in [4.78, 5) is 25.6. The number of carbonyl (C=O) groups is 2. The monoisotopic (exact) mass is 284 g/mol. The number of nitrogens with zero attached hydrogens (tertiary/aromatic N) is 2. The lowest BCUT2D eigenvalue weighted by atomic mass is 10.0. The average molecular weight is 284 g/mol. The molecular formula is C13H20N2O3S. The van der Waals surface area contributed by atoms with Crippen molar-refractivity contribution in [2.24, 2.45) is 0 Å². The molecule has 106 valence electrons. The second kappa shape index (κ2) is 6.14. The van der Waals surface area contributed by atoms with Crippen molar-refractivity contribution in [2.45, 2.75) is 40.2 Å². The number of amides is 1. The van der Waals surface area contributed by atoms with Crippen LogP contribution >= 0.6 is 11.5 Å². The van der Waals surface area contributed by atoms with Crippen LogP contribution in [-0.2, 0) is 9.53 Å². The predicted molar refractivity (Wildman–Crippen MR) is 74.3 cm³/mol. The number of ether oxygens (including phenoxy) is 1. The fraction of sp³-hybridized carbons (Fsp3) is 0.615. The van der Waals surface area contributed by atoms with Crippen LogP contribution in [0.25, 0.3) is 0 Å². The number of rotatable bonds is 4. The van der Waals surface area contributed by atoms with Crippen LogP contribution in [0.5, 0.6) is 0 Å². The molecule has 0 aliphatic carbocycles. The van der Waals surface area contributed by atoms with E-state index in [2.05, 4.69) is 4.37 Å². The van der Waals surface area contributed by atoms with Crippen LogP contribution in [0.2, 0.25) is 0 Å². The van der Waals surface area contributed by atoms with E-state index in [1.54, 1.807) is 19.2 Å². The van der Waals surface area contributed by atoms with E-state index in [0.29, 0.717) is 17.9 Å². The van der Waals surface area contributed by atoms with Gasteiger partial charge >= 0.3 is 5.97 Å². The highest BCUT2D eigenvalue weighted by Gasteiger charge is 2.31. The summed E-state index contributed by atoms with van der Waals surface area (Å²) in [6, 6.07) is 0. The Morgan fingerprint density at radius 3 is 2.47 bits per heavy atom. The van der Waals surface area contributed by atoms with Crippen molar-refractivity contribution in [2.75, 3.05) is 13.2 Å². The average Bonchev–Trinajstić information content (AvgIpc) is 2.70. The van der Waals surface area contributed by atoms with Gasteiger partial charge in [0.25, 0.3) is 5.91 Å². The van der Waals surface area contributed by atoms with Gasteiger partial charge in [0.15, 0.2) is 0 Å². The van der Waals surface area contributed by atoms with Gasteiger partial charge in [-0.15, -0.1) is 0 Å². The highest BCUT2D eigenvalue weighted by Crippen LogP contribution is 2.20. The summed E-state index contributed by atoms with van der Waals surface area (Å²) < 4.78 is 9.02. The molecule has 5 nitrogen and oxygen atoms in total. The number of hydrogen-bond donors (Lipinski definition) is 0. The van der Waals surface area contributed by atoms with Gasteiger partial charge in [-0.2, -0.15) is 4.37 Å². The van der Waals surface area contributed by atoms with Crippen molar-refractivity contribution in [3.8, 4) is 0 Å². The Morgan fingerprint density at radius 1 is 1.42 bits per heavy atom. The first-order valence-corrected chi connectivity index (χ1v) is 6.99. The van der Waals surface area contributed by atoms with E-state index in [1.165, 1.54) is 16.4 Å². The molecule has 19 heavy (non-hydrogen) atoms. The number of aromatic nitrogens is 1. The minimum atomic E-state index is -0.460. The second-order valence-electron chi connectivity index (χ2n) is 5.18. The molecule has 0 N–H and O–H groups in total. The van der Waals surface area contributed by atoms with Gasteiger partial charge in [0.2, 0.25) is 0 Å². The first-order valence-electron chi connectivity index (χ1n) is 6.16. The first-order chi connectivity index (χ1) is 8.77. The molecule has 1 heterocycles. The molecule has 0 saturated carbocycles. The summed E-state index contributed by atoms with van der Waals surface area (Å²) in [5.74, 6) is -0.585. The summed E-state index contributed by atoms with van der Waals surface area (Å²) in [6.07, 6.45) is 0. The van der Waals surface area contributed by atoms with Crippen LogP contribution in [0.3, 0.4) is 0 Å². The van der Waals surface area contributed by atoms with E-state index in [0.717, 1.165) is 0 Å². The quantitative estimate of drug-likeness (QED) is 0.796. The van der Waals surface area contributed by atoms with Gasteiger partial charge in [-0.25, -0.2) is 0 Å².